The maximum atomic E-state index is 12.1. The average molecular weight is 331 g/mol. The van der Waals surface area contributed by atoms with Gasteiger partial charge in [-0.1, -0.05) is 0 Å². The molecular weight excluding hydrogens is 310 g/mol. The number of nitrogens with one attached hydrogen (secondary N) is 1. The third-order valence-electron chi connectivity index (χ3n) is 4.10. The maximum absolute atomic E-state index is 12.1. The molecule has 2 saturated heterocycles. The lowest BCUT2D eigenvalue weighted by molar-refractivity contribution is -0.117. The first-order valence-electron chi connectivity index (χ1n) is 8.20. The van der Waals surface area contributed by atoms with Gasteiger partial charge < -0.3 is 24.1 Å². The number of hydrogen-bond donors (Lipinski definition) is 1. The van der Waals surface area contributed by atoms with Gasteiger partial charge >= 0.3 is 0 Å². The number of amides is 1. The Morgan fingerprint density at radius 2 is 2.21 bits per heavy atom. The summed E-state index contributed by atoms with van der Waals surface area (Å²) in [5, 5.41) is 12.0. The van der Waals surface area contributed by atoms with Crippen LogP contribution >= 0.6 is 0 Å². The van der Waals surface area contributed by atoms with E-state index in [1.165, 1.54) is 6.08 Å². The highest BCUT2D eigenvalue weighted by atomic mass is 16.5. The molecule has 24 heavy (non-hydrogen) atoms. The normalized spacial score (nSPS) is 21.5. The van der Waals surface area contributed by atoms with Crippen molar-refractivity contribution in [3.63, 3.8) is 0 Å². The van der Waals surface area contributed by atoms with E-state index in [4.69, 9.17) is 13.9 Å². The molecule has 2 aliphatic rings. The maximum Gasteiger partial charge on any atom is 0.262 e. The number of rotatable bonds is 5. The van der Waals surface area contributed by atoms with E-state index >= 15 is 0 Å². The molecule has 0 spiro atoms. The Morgan fingerprint density at radius 3 is 2.92 bits per heavy atom. The fourth-order valence-corrected chi connectivity index (χ4v) is 2.77. The van der Waals surface area contributed by atoms with Crippen LogP contribution in [0.5, 0.6) is 0 Å². The van der Waals surface area contributed by atoms with Crippen LogP contribution in [0.3, 0.4) is 0 Å². The molecule has 2 aliphatic heterocycles. The molecule has 7 heteroatoms. The van der Waals surface area contributed by atoms with Gasteiger partial charge in [-0.05, 0) is 18.9 Å². The van der Waals surface area contributed by atoms with Crippen molar-refractivity contribution in [2.75, 3.05) is 44.4 Å². The van der Waals surface area contributed by atoms with Gasteiger partial charge in [-0.3, -0.25) is 4.79 Å². The largest absolute Gasteiger partial charge is 0.441 e. The number of morpholine rings is 1. The molecule has 0 saturated carbocycles. The first-order valence-corrected chi connectivity index (χ1v) is 8.20. The van der Waals surface area contributed by atoms with Crippen molar-refractivity contribution in [2.24, 2.45) is 0 Å². The van der Waals surface area contributed by atoms with Crippen LogP contribution in [0.15, 0.2) is 22.1 Å². The van der Waals surface area contributed by atoms with E-state index in [1.807, 2.05) is 12.1 Å². The highest BCUT2D eigenvalue weighted by Gasteiger charge is 2.18. The molecule has 1 atom stereocenters. The number of carbonyl (C=O) groups is 1. The van der Waals surface area contributed by atoms with E-state index in [1.54, 1.807) is 6.07 Å². The molecule has 3 rings (SSSR count). The van der Waals surface area contributed by atoms with Crippen molar-refractivity contribution >= 4 is 17.9 Å². The lowest BCUT2D eigenvalue weighted by Gasteiger charge is -2.26. The third-order valence-corrected chi connectivity index (χ3v) is 4.10. The zero-order valence-corrected chi connectivity index (χ0v) is 13.5. The lowest BCUT2D eigenvalue weighted by Crippen LogP contribution is -2.35. The third kappa shape index (κ3) is 4.16. The number of ether oxygens (including phenoxy) is 2. The smallest absolute Gasteiger partial charge is 0.262 e. The van der Waals surface area contributed by atoms with Crippen molar-refractivity contribution < 1.29 is 18.7 Å². The first kappa shape index (κ1) is 16.6. The zero-order chi connectivity index (χ0) is 16.8. The molecule has 1 unspecified atom stereocenters. The molecule has 7 nitrogen and oxygen atoms in total. The lowest BCUT2D eigenvalue weighted by atomic mass is 10.2. The summed E-state index contributed by atoms with van der Waals surface area (Å²) in [6, 6.07) is 5.53. The van der Waals surface area contributed by atoms with Crippen LogP contribution in [-0.4, -0.2) is 51.5 Å². The van der Waals surface area contributed by atoms with E-state index in [9.17, 15) is 10.1 Å². The topological polar surface area (TPSA) is 87.7 Å². The molecular formula is C17H21N3O4. The van der Waals surface area contributed by atoms with Crippen LogP contribution in [0, 0.1) is 11.3 Å². The number of carbonyl (C=O) groups excluding carboxylic acids is 1. The van der Waals surface area contributed by atoms with E-state index < -0.39 is 5.91 Å². The summed E-state index contributed by atoms with van der Waals surface area (Å²) in [5.41, 5.74) is 0.0240. The van der Waals surface area contributed by atoms with Crippen molar-refractivity contribution in [2.45, 2.75) is 18.9 Å². The van der Waals surface area contributed by atoms with E-state index in [2.05, 4.69) is 10.2 Å². The fourth-order valence-electron chi connectivity index (χ4n) is 2.77. The van der Waals surface area contributed by atoms with Crippen molar-refractivity contribution in [1.29, 1.82) is 5.26 Å². The molecule has 3 heterocycles. The van der Waals surface area contributed by atoms with Crippen LogP contribution in [0.2, 0.25) is 0 Å². The SMILES string of the molecule is N#C/C(=C\c1ccc(N2CCOCC2)o1)C(=O)NCC1CCCO1. The average Bonchev–Trinajstić information content (AvgIpc) is 3.30. The molecule has 1 N–H and O–H groups in total. The van der Waals surface area contributed by atoms with Gasteiger partial charge in [0.05, 0.1) is 19.3 Å². The number of nitrogens with zero attached hydrogens (tertiary/aromatic N) is 2. The number of hydrogen-bond acceptors (Lipinski definition) is 6. The minimum atomic E-state index is -0.405. The van der Waals surface area contributed by atoms with Gasteiger partial charge in [0, 0.05) is 38.4 Å². The van der Waals surface area contributed by atoms with Crippen molar-refractivity contribution in [1.82, 2.24) is 5.32 Å². The van der Waals surface area contributed by atoms with Crippen LogP contribution in [0.1, 0.15) is 18.6 Å². The highest BCUT2D eigenvalue weighted by molar-refractivity contribution is 6.01. The van der Waals surface area contributed by atoms with Gasteiger partial charge in [-0.2, -0.15) is 5.26 Å². The van der Waals surface area contributed by atoms with E-state index in [0.29, 0.717) is 25.5 Å². The highest BCUT2D eigenvalue weighted by Crippen LogP contribution is 2.21. The molecule has 1 aromatic heterocycles. The van der Waals surface area contributed by atoms with E-state index in [0.717, 1.165) is 38.4 Å². The Bertz CT molecular complexity index is 635. The predicted octanol–water partition coefficient (Wildman–Crippen LogP) is 1.32. The Kier molecular flexibility index (Phi) is 5.51. The van der Waals surface area contributed by atoms with Gasteiger partial charge in [0.25, 0.3) is 5.91 Å². The minimum absolute atomic E-state index is 0.0240. The molecule has 128 valence electrons. The molecule has 2 fully saturated rings. The van der Waals surface area contributed by atoms with Crippen LogP contribution in [0.25, 0.3) is 6.08 Å². The Morgan fingerprint density at radius 1 is 1.38 bits per heavy atom. The van der Waals surface area contributed by atoms with Crippen LogP contribution in [-0.2, 0) is 14.3 Å². The quantitative estimate of drug-likeness (QED) is 0.647. The second-order valence-electron chi connectivity index (χ2n) is 5.79. The van der Waals surface area contributed by atoms with E-state index in [-0.39, 0.29) is 11.7 Å². The molecule has 0 radical (unpaired) electrons. The second kappa shape index (κ2) is 7.99. The zero-order valence-electron chi connectivity index (χ0n) is 13.5. The minimum Gasteiger partial charge on any atom is -0.441 e. The summed E-state index contributed by atoms with van der Waals surface area (Å²) in [6.45, 7) is 4.03. The fraction of sp³-hybridized carbons (Fsp3) is 0.529. The van der Waals surface area contributed by atoms with Crippen LogP contribution in [0.4, 0.5) is 5.88 Å². The molecule has 1 amide bonds. The number of nitriles is 1. The van der Waals surface area contributed by atoms with Gasteiger partial charge in [-0.25, -0.2) is 0 Å². The monoisotopic (exact) mass is 331 g/mol. The van der Waals surface area contributed by atoms with Gasteiger partial charge in [0.15, 0.2) is 5.88 Å². The second-order valence-corrected chi connectivity index (χ2v) is 5.79. The summed E-state index contributed by atoms with van der Waals surface area (Å²) in [7, 11) is 0. The van der Waals surface area contributed by atoms with Crippen molar-refractivity contribution in [3.05, 3.63) is 23.5 Å². The van der Waals surface area contributed by atoms with Gasteiger partial charge in [0.1, 0.15) is 17.4 Å². The predicted molar refractivity (Wildman–Crippen MR) is 87.3 cm³/mol. The molecule has 1 aromatic rings. The summed E-state index contributed by atoms with van der Waals surface area (Å²) in [4.78, 5) is 14.2. The summed E-state index contributed by atoms with van der Waals surface area (Å²) < 4.78 is 16.5. The molecule has 0 bridgehead atoms. The Labute approximate surface area is 140 Å². The Hall–Kier alpha value is -2.30. The summed E-state index contributed by atoms with van der Waals surface area (Å²) in [6.07, 6.45) is 3.46. The molecule has 0 aromatic carbocycles. The Balaban J connectivity index is 1.60. The standard InChI is InChI=1S/C17H21N3O4/c18-11-13(17(21)19-12-15-2-1-7-23-15)10-14-3-4-16(24-14)20-5-8-22-9-6-20/h3-4,10,15H,1-2,5-9,12H2,(H,19,21)/b13-10+. The van der Waals surface area contributed by atoms with Crippen molar-refractivity contribution in [3.8, 4) is 6.07 Å². The first-order chi connectivity index (χ1) is 11.8. The molecule has 0 aliphatic carbocycles. The number of anilines is 1. The summed E-state index contributed by atoms with van der Waals surface area (Å²) in [5.74, 6) is 0.805. The summed E-state index contributed by atoms with van der Waals surface area (Å²) >= 11 is 0. The van der Waals surface area contributed by atoms with Gasteiger partial charge in [-0.15, -0.1) is 0 Å². The van der Waals surface area contributed by atoms with Crippen LogP contribution < -0.4 is 10.2 Å². The number of furan rings is 1. The van der Waals surface area contributed by atoms with Gasteiger partial charge in [0.2, 0.25) is 0 Å².